The van der Waals surface area contributed by atoms with Crippen LogP contribution in [-0.4, -0.2) is 17.8 Å². The highest BCUT2D eigenvalue weighted by molar-refractivity contribution is 6.10. The first-order chi connectivity index (χ1) is 9.54. The van der Waals surface area contributed by atoms with E-state index in [1.165, 1.54) is 6.26 Å². The second-order valence-electron chi connectivity index (χ2n) is 4.74. The van der Waals surface area contributed by atoms with E-state index in [4.69, 9.17) is 9.15 Å². The lowest BCUT2D eigenvalue weighted by atomic mass is 10.0. The summed E-state index contributed by atoms with van der Waals surface area (Å²) in [6.45, 7) is 3.45. The van der Waals surface area contributed by atoms with Crippen LogP contribution in [0.2, 0.25) is 0 Å². The molecule has 0 fully saturated rings. The van der Waals surface area contributed by atoms with Gasteiger partial charge in [0.2, 0.25) is 0 Å². The fourth-order valence-corrected chi connectivity index (χ4v) is 2.08. The molecular formula is C15H13NO4. The monoisotopic (exact) mass is 271 g/mol. The standard InChI is InChI=1S/C15H13NO4/c1-8-5-11(7-19-8)14(17)10-3-4-13-12(6-10)16-15(18)9(2)20-13/h3-7,9H,1-2H3,(H,16,18). The smallest absolute Gasteiger partial charge is 0.265 e. The van der Waals surface area contributed by atoms with Crippen molar-refractivity contribution in [2.45, 2.75) is 20.0 Å². The number of furan rings is 1. The third kappa shape index (κ3) is 2.07. The lowest BCUT2D eigenvalue weighted by Gasteiger charge is -2.23. The lowest BCUT2D eigenvalue weighted by Crippen LogP contribution is -2.34. The number of anilines is 1. The number of carbonyl (C=O) groups is 2. The SMILES string of the molecule is Cc1cc(C(=O)c2ccc3c(c2)NC(=O)C(C)O3)co1. The number of nitrogens with one attached hydrogen (secondary N) is 1. The van der Waals surface area contributed by atoms with Gasteiger partial charge in [-0.15, -0.1) is 0 Å². The van der Waals surface area contributed by atoms with E-state index >= 15 is 0 Å². The largest absolute Gasteiger partial charge is 0.479 e. The van der Waals surface area contributed by atoms with Crippen LogP contribution in [0.1, 0.15) is 28.6 Å². The number of ether oxygens (including phenoxy) is 1. The van der Waals surface area contributed by atoms with E-state index in [0.29, 0.717) is 28.3 Å². The predicted octanol–water partition coefficient (Wildman–Crippen LogP) is 2.54. The minimum Gasteiger partial charge on any atom is -0.479 e. The Morgan fingerprint density at radius 1 is 1.25 bits per heavy atom. The molecule has 1 aliphatic rings. The number of carbonyl (C=O) groups excluding carboxylic acids is 2. The third-order valence-electron chi connectivity index (χ3n) is 3.17. The summed E-state index contributed by atoms with van der Waals surface area (Å²) in [5.74, 6) is 0.868. The number of hydrogen-bond acceptors (Lipinski definition) is 4. The van der Waals surface area contributed by atoms with Crippen LogP contribution >= 0.6 is 0 Å². The van der Waals surface area contributed by atoms with Crippen molar-refractivity contribution < 1.29 is 18.7 Å². The molecule has 0 saturated carbocycles. The van der Waals surface area contributed by atoms with Crippen molar-refractivity contribution in [1.82, 2.24) is 0 Å². The summed E-state index contributed by atoms with van der Waals surface area (Å²) in [7, 11) is 0. The number of hydrogen-bond donors (Lipinski definition) is 1. The minimum absolute atomic E-state index is 0.155. The van der Waals surface area contributed by atoms with Gasteiger partial charge in [0.05, 0.1) is 11.3 Å². The van der Waals surface area contributed by atoms with Crippen molar-refractivity contribution in [2.24, 2.45) is 0 Å². The van der Waals surface area contributed by atoms with Crippen LogP contribution in [0.4, 0.5) is 5.69 Å². The summed E-state index contributed by atoms with van der Waals surface area (Å²) in [5, 5.41) is 2.72. The van der Waals surface area contributed by atoms with Gasteiger partial charge >= 0.3 is 0 Å². The molecule has 1 atom stereocenters. The first-order valence-corrected chi connectivity index (χ1v) is 6.26. The van der Waals surface area contributed by atoms with E-state index in [0.717, 1.165) is 0 Å². The predicted molar refractivity (Wildman–Crippen MR) is 72.0 cm³/mol. The molecule has 0 saturated heterocycles. The Hall–Kier alpha value is -2.56. The first-order valence-electron chi connectivity index (χ1n) is 6.26. The molecule has 1 N–H and O–H groups in total. The zero-order valence-electron chi connectivity index (χ0n) is 11.1. The molecule has 1 aromatic carbocycles. The summed E-state index contributed by atoms with van der Waals surface area (Å²) in [6, 6.07) is 6.65. The van der Waals surface area contributed by atoms with Crippen LogP contribution in [0, 0.1) is 6.92 Å². The number of benzene rings is 1. The summed E-state index contributed by atoms with van der Waals surface area (Å²) in [4.78, 5) is 23.9. The Labute approximate surface area is 115 Å². The molecule has 2 aromatic rings. The summed E-state index contributed by atoms with van der Waals surface area (Å²) in [5.41, 5.74) is 1.47. The van der Waals surface area contributed by atoms with Gasteiger partial charge in [0.1, 0.15) is 17.8 Å². The number of aryl methyl sites for hydroxylation is 1. The average Bonchev–Trinajstić information content (AvgIpc) is 2.85. The maximum Gasteiger partial charge on any atom is 0.265 e. The fourth-order valence-electron chi connectivity index (χ4n) is 2.08. The van der Waals surface area contributed by atoms with Crippen molar-refractivity contribution in [2.75, 3.05) is 5.32 Å². The zero-order valence-corrected chi connectivity index (χ0v) is 11.1. The Bertz CT molecular complexity index is 702. The molecule has 1 unspecified atom stereocenters. The van der Waals surface area contributed by atoms with Crippen LogP contribution in [0.3, 0.4) is 0 Å². The maximum atomic E-state index is 12.3. The fraction of sp³-hybridized carbons (Fsp3) is 0.200. The van der Waals surface area contributed by atoms with Gasteiger partial charge in [0, 0.05) is 5.56 Å². The maximum absolute atomic E-state index is 12.3. The van der Waals surface area contributed by atoms with E-state index in [1.807, 2.05) is 0 Å². The van der Waals surface area contributed by atoms with Gasteiger partial charge in [0.15, 0.2) is 11.9 Å². The molecular weight excluding hydrogens is 258 g/mol. The highest BCUT2D eigenvalue weighted by atomic mass is 16.5. The van der Waals surface area contributed by atoms with Gasteiger partial charge in [-0.3, -0.25) is 9.59 Å². The van der Waals surface area contributed by atoms with E-state index < -0.39 is 6.10 Å². The van der Waals surface area contributed by atoms with Gasteiger partial charge in [-0.25, -0.2) is 0 Å². The van der Waals surface area contributed by atoms with Gasteiger partial charge in [-0.2, -0.15) is 0 Å². The molecule has 5 nitrogen and oxygen atoms in total. The molecule has 2 heterocycles. The van der Waals surface area contributed by atoms with Crippen LogP contribution < -0.4 is 10.1 Å². The van der Waals surface area contributed by atoms with E-state index in [9.17, 15) is 9.59 Å². The van der Waals surface area contributed by atoms with E-state index in [2.05, 4.69) is 5.32 Å². The van der Waals surface area contributed by atoms with Crippen LogP contribution in [0.25, 0.3) is 0 Å². The number of amides is 1. The molecule has 0 radical (unpaired) electrons. The molecule has 1 amide bonds. The Kier molecular flexibility index (Phi) is 2.82. The third-order valence-corrected chi connectivity index (χ3v) is 3.17. The Morgan fingerprint density at radius 2 is 2.05 bits per heavy atom. The van der Waals surface area contributed by atoms with E-state index in [-0.39, 0.29) is 11.7 Å². The number of fused-ring (bicyclic) bond motifs is 1. The number of ketones is 1. The molecule has 0 spiro atoms. The summed E-state index contributed by atoms with van der Waals surface area (Å²) >= 11 is 0. The minimum atomic E-state index is -0.527. The molecule has 1 aliphatic heterocycles. The van der Waals surface area contributed by atoms with Crippen molar-refractivity contribution in [3.8, 4) is 5.75 Å². The van der Waals surface area contributed by atoms with Crippen molar-refractivity contribution in [1.29, 1.82) is 0 Å². The molecule has 3 rings (SSSR count). The highest BCUT2D eigenvalue weighted by Crippen LogP contribution is 2.31. The van der Waals surface area contributed by atoms with Crippen molar-refractivity contribution in [3.63, 3.8) is 0 Å². The molecule has 1 aromatic heterocycles. The molecule has 0 aliphatic carbocycles. The van der Waals surface area contributed by atoms with Crippen LogP contribution in [-0.2, 0) is 4.79 Å². The molecule has 5 heteroatoms. The van der Waals surface area contributed by atoms with Gasteiger partial charge in [-0.1, -0.05) is 0 Å². The van der Waals surface area contributed by atoms with Gasteiger partial charge in [0.25, 0.3) is 5.91 Å². The van der Waals surface area contributed by atoms with Gasteiger partial charge in [-0.05, 0) is 38.1 Å². The Morgan fingerprint density at radius 3 is 2.75 bits per heavy atom. The lowest BCUT2D eigenvalue weighted by molar-refractivity contribution is -0.122. The van der Waals surface area contributed by atoms with Gasteiger partial charge < -0.3 is 14.5 Å². The molecule has 0 bridgehead atoms. The molecule has 20 heavy (non-hydrogen) atoms. The second-order valence-corrected chi connectivity index (χ2v) is 4.74. The normalized spacial score (nSPS) is 17.1. The Balaban J connectivity index is 1.95. The summed E-state index contributed by atoms with van der Waals surface area (Å²) < 4.78 is 10.6. The quantitative estimate of drug-likeness (QED) is 0.852. The van der Waals surface area contributed by atoms with Crippen LogP contribution in [0.15, 0.2) is 34.9 Å². The van der Waals surface area contributed by atoms with E-state index in [1.54, 1.807) is 38.1 Å². The second kappa shape index (κ2) is 4.52. The number of rotatable bonds is 2. The zero-order chi connectivity index (χ0) is 14.3. The van der Waals surface area contributed by atoms with Crippen molar-refractivity contribution >= 4 is 17.4 Å². The topological polar surface area (TPSA) is 68.5 Å². The average molecular weight is 271 g/mol. The van der Waals surface area contributed by atoms with Crippen molar-refractivity contribution in [3.05, 3.63) is 47.4 Å². The molecule has 102 valence electrons. The highest BCUT2D eigenvalue weighted by Gasteiger charge is 2.24. The van der Waals surface area contributed by atoms with Crippen LogP contribution in [0.5, 0.6) is 5.75 Å². The summed E-state index contributed by atoms with van der Waals surface area (Å²) in [6.07, 6.45) is 0.898. The first kappa shape index (κ1) is 12.5.